The highest BCUT2D eigenvalue weighted by Gasteiger charge is 2.15. The summed E-state index contributed by atoms with van der Waals surface area (Å²) in [4.78, 5) is 2.38. The molecule has 0 unspecified atom stereocenters. The summed E-state index contributed by atoms with van der Waals surface area (Å²) in [7, 11) is 0. The lowest BCUT2D eigenvalue weighted by atomic mass is 10.0. The third kappa shape index (κ3) is 2.82. The van der Waals surface area contributed by atoms with Crippen molar-refractivity contribution < 1.29 is 4.74 Å². The number of aryl methyl sites for hydroxylation is 1. The second-order valence-electron chi connectivity index (χ2n) is 4.38. The van der Waals surface area contributed by atoms with E-state index in [1.165, 1.54) is 11.1 Å². The fourth-order valence-corrected chi connectivity index (χ4v) is 2.16. The first-order valence-electron chi connectivity index (χ1n) is 5.88. The van der Waals surface area contributed by atoms with E-state index >= 15 is 0 Å². The summed E-state index contributed by atoms with van der Waals surface area (Å²) in [5, 5.41) is 0. The predicted octanol–water partition coefficient (Wildman–Crippen LogP) is 1.33. The molecule has 2 N–H and O–H groups in total. The molecule has 0 spiro atoms. The summed E-state index contributed by atoms with van der Waals surface area (Å²) in [5.74, 6) is 0. The molecule has 3 heteroatoms. The Morgan fingerprint density at radius 1 is 1.31 bits per heavy atom. The quantitative estimate of drug-likeness (QED) is 0.835. The molecule has 1 fully saturated rings. The van der Waals surface area contributed by atoms with E-state index in [4.69, 9.17) is 10.5 Å². The first kappa shape index (κ1) is 11.6. The van der Waals surface area contributed by atoms with Gasteiger partial charge in [0.1, 0.15) is 0 Å². The molecule has 0 saturated carbocycles. The standard InChI is InChI=1S/C13H20N2O/c1-11-4-2-3-5-12(11)13(14)10-15-6-8-16-9-7-15/h2-5,13H,6-10,14H2,1H3/t13-/m1/s1. The third-order valence-corrected chi connectivity index (χ3v) is 3.15. The van der Waals surface area contributed by atoms with Crippen LogP contribution in [-0.4, -0.2) is 37.7 Å². The number of nitrogens with two attached hydrogens (primary N) is 1. The molecular weight excluding hydrogens is 200 g/mol. The zero-order chi connectivity index (χ0) is 11.4. The van der Waals surface area contributed by atoms with Gasteiger partial charge < -0.3 is 10.5 Å². The van der Waals surface area contributed by atoms with Crippen molar-refractivity contribution in [3.05, 3.63) is 35.4 Å². The van der Waals surface area contributed by atoms with E-state index in [0.29, 0.717) is 0 Å². The van der Waals surface area contributed by atoms with Crippen LogP contribution < -0.4 is 5.73 Å². The predicted molar refractivity (Wildman–Crippen MR) is 65.4 cm³/mol. The molecule has 1 saturated heterocycles. The topological polar surface area (TPSA) is 38.5 Å². The highest BCUT2D eigenvalue weighted by atomic mass is 16.5. The molecule has 0 aliphatic carbocycles. The zero-order valence-electron chi connectivity index (χ0n) is 9.86. The van der Waals surface area contributed by atoms with Gasteiger partial charge >= 0.3 is 0 Å². The molecule has 0 bridgehead atoms. The van der Waals surface area contributed by atoms with Gasteiger partial charge in [0.05, 0.1) is 13.2 Å². The average Bonchev–Trinajstić information content (AvgIpc) is 2.31. The molecule has 2 rings (SSSR count). The highest BCUT2D eigenvalue weighted by molar-refractivity contribution is 5.28. The molecule has 0 amide bonds. The Morgan fingerprint density at radius 3 is 2.69 bits per heavy atom. The van der Waals surface area contributed by atoms with Crippen LogP contribution >= 0.6 is 0 Å². The maximum absolute atomic E-state index is 6.24. The largest absolute Gasteiger partial charge is 0.379 e. The van der Waals surface area contributed by atoms with Crippen molar-refractivity contribution in [1.82, 2.24) is 4.90 Å². The minimum absolute atomic E-state index is 0.110. The van der Waals surface area contributed by atoms with Gasteiger partial charge in [0.15, 0.2) is 0 Å². The second-order valence-corrected chi connectivity index (χ2v) is 4.38. The van der Waals surface area contributed by atoms with Gasteiger partial charge in [0, 0.05) is 25.7 Å². The number of hydrogen-bond donors (Lipinski definition) is 1. The van der Waals surface area contributed by atoms with Gasteiger partial charge in [-0.1, -0.05) is 24.3 Å². The van der Waals surface area contributed by atoms with Crippen molar-refractivity contribution in [3.8, 4) is 0 Å². The van der Waals surface area contributed by atoms with Crippen LogP contribution in [-0.2, 0) is 4.74 Å². The molecular formula is C13H20N2O. The Hall–Kier alpha value is -0.900. The Balaban J connectivity index is 1.96. The molecule has 1 aromatic rings. The molecule has 1 heterocycles. The van der Waals surface area contributed by atoms with Gasteiger partial charge in [-0.15, -0.1) is 0 Å². The lowest BCUT2D eigenvalue weighted by molar-refractivity contribution is 0.0352. The van der Waals surface area contributed by atoms with Crippen molar-refractivity contribution in [3.63, 3.8) is 0 Å². The lowest BCUT2D eigenvalue weighted by Gasteiger charge is -2.29. The number of hydrogen-bond acceptors (Lipinski definition) is 3. The fourth-order valence-electron chi connectivity index (χ4n) is 2.16. The molecule has 3 nitrogen and oxygen atoms in total. The van der Waals surface area contributed by atoms with Crippen LogP contribution in [0.15, 0.2) is 24.3 Å². The SMILES string of the molecule is Cc1ccccc1[C@H](N)CN1CCOCC1. The van der Waals surface area contributed by atoms with Crippen LogP contribution in [0.3, 0.4) is 0 Å². The first-order valence-corrected chi connectivity index (χ1v) is 5.88. The van der Waals surface area contributed by atoms with Crippen molar-refractivity contribution in [1.29, 1.82) is 0 Å². The first-order chi connectivity index (χ1) is 7.77. The maximum Gasteiger partial charge on any atom is 0.0594 e. The minimum Gasteiger partial charge on any atom is -0.379 e. The molecule has 16 heavy (non-hydrogen) atoms. The smallest absolute Gasteiger partial charge is 0.0594 e. The van der Waals surface area contributed by atoms with Gasteiger partial charge in [-0.2, -0.15) is 0 Å². The number of morpholine rings is 1. The second kappa shape index (κ2) is 5.43. The van der Waals surface area contributed by atoms with E-state index < -0.39 is 0 Å². The number of ether oxygens (including phenoxy) is 1. The van der Waals surface area contributed by atoms with Crippen LogP contribution in [0.25, 0.3) is 0 Å². The van der Waals surface area contributed by atoms with Crippen LogP contribution in [0, 0.1) is 6.92 Å². The summed E-state index contributed by atoms with van der Waals surface area (Å²) in [6.07, 6.45) is 0. The maximum atomic E-state index is 6.24. The zero-order valence-corrected chi connectivity index (χ0v) is 9.86. The minimum atomic E-state index is 0.110. The van der Waals surface area contributed by atoms with Gasteiger partial charge in [0.25, 0.3) is 0 Å². The van der Waals surface area contributed by atoms with Crippen LogP contribution in [0.5, 0.6) is 0 Å². The molecule has 1 aliphatic heterocycles. The Bertz CT molecular complexity index is 334. The van der Waals surface area contributed by atoms with Gasteiger partial charge in [-0.3, -0.25) is 4.90 Å². The average molecular weight is 220 g/mol. The van der Waals surface area contributed by atoms with Crippen LogP contribution in [0.2, 0.25) is 0 Å². The Labute approximate surface area is 97.2 Å². The molecule has 0 aromatic heterocycles. The monoisotopic (exact) mass is 220 g/mol. The fraction of sp³-hybridized carbons (Fsp3) is 0.538. The molecule has 1 aliphatic rings. The van der Waals surface area contributed by atoms with E-state index in [1.54, 1.807) is 0 Å². The van der Waals surface area contributed by atoms with Crippen LogP contribution in [0.4, 0.5) is 0 Å². The number of rotatable bonds is 3. The van der Waals surface area contributed by atoms with Gasteiger partial charge in [0.2, 0.25) is 0 Å². The Kier molecular flexibility index (Phi) is 3.93. The summed E-state index contributed by atoms with van der Waals surface area (Å²) in [5.41, 5.74) is 8.78. The van der Waals surface area contributed by atoms with E-state index in [0.717, 1.165) is 32.8 Å². The summed E-state index contributed by atoms with van der Waals surface area (Å²) in [6.45, 7) is 6.71. The Morgan fingerprint density at radius 2 is 2.00 bits per heavy atom. The van der Waals surface area contributed by atoms with Crippen LogP contribution in [0.1, 0.15) is 17.2 Å². The van der Waals surface area contributed by atoms with E-state index in [1.807, 2.05) is 0 Å². The van der Waals surface area contributed by atoms with Crippen molar-refractivity contribution in [2.24, 2.45) is 5.73 Å². The third-order valence-electron chi connectivity index (χ3n) is 3.15. The summed E-state index contributed by atoms with van der Waals surface area (Å²) in [6, 6.07) is 8.47. The summed E-state index contributed by atoms with van der Waals surface area (Å²) >= 11 is 0. The highest BCUT2D eigenvalue weighted by Crippen LogP contribution is 2.16. The van der Waals surface area contributed by atoms with E-state index in [9.17, 15) is 0 Å². The molecule has 88 valence electrons. The van der Waals surface area contributed by atoms with Gasteiger partial charge in [-0.25, -0.2) is 0 Å². The molecule has 1 aromatic carbocycles. The normalized spacial score (nSPS) is 19.6. The van der Waals surface area contributed by atoms with Crippen molar-refractivity contribution in [2.75, 3.05) is 32.8 Å². The van der Waals surface area contributed by atoms with Crippen molar-refractivity contribution in [2.45, 2.75) is 13.0 Å². The molecule has 1 atom stereocenters. The van der Waals surface area contributed by atoms with Gasteiger partial charge in [-0.05, 0) is 18.1 Å². The van der Waals surface area contributed by atoms with Crippen molar-refractivity contribution >= 4 is 0 Å². The van der Waals surface area contributed by atoms with E-state index in [-0.39, 0.29) is 6.04 Å². The summed E-state index contributed by atoms with van der Waals surface area (Å²) < 4.78 is 5.33. The lowest BCUT2D eigenvalue weighted by Crippen LogP contribution is -2.40. The number of benzene rings is 1. The van der Waals surface area contributed by atoms with E-state index in [2.05, 4.69) is 36.1 Å². The molecule has 0 radical (unpaired) electrons. The number of nitrogens with zero attached hydrogens (tertiary/aromatic N) is 1.